The third kappa shape index (κ3) is 4.17. The van der Waals surface area contributed by atoms with Gasteiger partial charge in [0.15, 0.2) is 21.4 Å². The molecule has 0 N–H and O–H groups in total. The van der Waals surface area contributed by atoms with Crippen molar-refractivity contribution in [3.63, 3.8) is 0 Å². The van der Waals surface area contributed by atoms with Gasteiger partial charge in [0.2, 0.25) is 10.0 Å². The third-order valence-corrected chi connectivity index (χ3v) is 8.66. The summed E-state index contributed by atoms with van der Waals surface area (Å²) < 4.78 is 75.3. The molecule has 1 aromatic heterocycles. The van der Waals surface area contributed by atoms with Crippen molar-refractivity contribution in [3.05, 3.63) is 48.2 Å². The Morgan fingerprint density at radius 3 is 2.44 bits per heavy atom. The van der Waals surface area contributed by atoms with Crippen molar-refractivity contribution < 1.29 is 30.4 Å². The first-order valence-corrected chi connectivity index (χ1v) is 11.5. The summed E-state index contributed by atoms with van der Waals surface area (Å²) in [6, 6.07) is 6.65. The molecule has 1 aliphatic rings. The van der Waals surface area contributed by atoms with Gasteiger partial charge in [-0.25, -0.2) is 21.2 Å². The Morgan fingerprint density at radius 1 is 1.19 bits per heavy atom. The van der Waals surface area contributed by atoms with Crippen LogP contribution in [0.5, 0.6) is 5.75 Å². The molecule has 7 nitrogen and oxygen atoms in total. The van der Waals surface area contributed by atoms with Crippen LogP contribution in [0.4, 0.5) is 4.39 Å². The van der Waals surface area contributed by atoms with E-state index in [0.717, 1.165) is 6.07 Å². The summed E-state index contributed by atoms with van der Waals surface area (Å²) >= 11 is 0. The van der Waals surface area contributed by atoms with E-state index in [1.165, 1.54) is 29.8 Å². The van der Waals surface area contributed by atoms with E-state index < -0.39 is 30.9 Å². The number of sulfonamides is 1. The summed E-state index contributed by atoms with van der Waals surface area (Å²) in [5, 5.41) is -0.637. The maximum absolute atomic E-state index is 13.9. The molecule has 1 fully saturated rings. The fourth-order valence-corrected chi connectivity index (χ4v) is 6.31. The molecule has 0 bridgehead atoms. The summed E-state index contributed by atoms with van der Waals surface area (Å²) in [5.41, 5.74) is 0. The second-order valence-corrected chi connectivity index (χ2v) is 10.5. The number of nitrogens with zero attached hydrogens (tertiary/aromatic N) is 1. The van der Waals surface area contributed by atoms with Gasteiger partial charge in [-0.3, -0.25) is 0 Å². The minimum absolute atomic E-state index is 0.0447. The fraction of sp³-hybridized carbons (Fsp3) is 0.412. The summed E-state index contributed by atoms with van der Waals surface area (Å²) in [6.45, 7) is 0.107. The highest BCUT2D eigenvalue weighted by atomic mass is 32.2. The molecule has 0 aliphatic carbocycles. The van der Waals surface area contributed by atoms with Crippen molar-refractivity contribution in [2.45, 2.75) is 28.7 Å². The minimum atomic E-state index is -3.90. The zero-order valence-electron chi connectivity index (χ0n) is 14.7. The molecule has 1 saturated heterocycles. The second kappa shape index (κ2) is 7.61. The Bertz CT molecular complexity index is 994. The maximum Gasteiger partial charge on any atom is 0.243 e. The van der Waals surface area contributed by atoms with Gasteiger partial charge in [0.25, 0.3) is 0 Å². The van der Waals surface area contributed by atoms with E-state index in [1.807, 2.05) is 0 Å². The van der Waals surface area contributed by atoms with E-state index in [-0.39, 0.29) is 42.3 Å². The molecule has 0 atom stereocenters. The van der Waals surface area contributed by atoms with E-state index >= 15 is 0 Å². The first-order valence-electron chi connectivity index (χ1n) is 8.31. The third-order valence-electron chi connectivity index (χ3n) is 4.59. The normalized spacial score (nSPS) is 17.1. The van der Waals surface area contributed by atoms with Gasteiger partial charge in [-0.2, -0.15) is 4.31 Å². The van der Waals surface area contributed by atoms with Crippen LogP contribution in [0.2, 0.25) is 0 Å². The number of rotatable bonds is 6. The van der Waals surface area contributed by atoms with Gasteiger partial charge in [0.05, 0.1) is 23.5 Å². The number of hydrogen-bond donors (Lipinski definition) is 0. The van der Waals surface area contributed by atoms with Crippen LogP contribution in [0.1, 0.15) is 18.6 Å². The molecule has 0 spiro atoms. The predicted molar refractivity (Wildman–Crippen MR) is 96.1 cm³/mol. The molecule has 2 heterocycles. The van der Waals surface area contributed by atoms with Crippen LogP contribution in [0, 0.1) is 5.82 Å². The lowest BCUT2D eigenvalue weighted by molar-refractivity contribution is 0.344. The van der Waals surface area contributed by atoms with Crippen molar-refractivity contribution in [3.8, 4) is 5.75 Å². The Morgan fingerprint density at radius 2 is 1.89 bits per heavy atom. The number of piperidine rings is 1. The highest BCUT2D eigenvalue weighted by molar-refractivity contribution is 7.91. The predicted octanol–water partition coefficient (Wildman–Crippen LogP) is 2.20. The van der Waals surface area contributed by atoms with Crippen molar-refractivity contribution >= 4 is 19.9 Å². The van der Waals surface area contributed by atoms with Gasteiger partial charge in [-0.15, -0.1) is 0 Å². The van der Waals surface area contributed by atoms with Crippen molar-refractivity contribution in [2.24, 2.45) is 0 Å². The van der Waals surface area contributed by atoms with Gasteiger partial charge < -0.3 is 9.15 Å². The van der Waals surface area contributed by atoms with Crippen molar-refractivity contribution in [1.29, 1.82) is 0 Å². The Labute approximate surface area is 157 Å². The van der Waals surface area contributed by atoms with Crippen LogP contribution in [0.25, 0.3) is 0 Å². The number of halogens is 1. The average Bonchev–Trinajstić information content (AvgIpc) is 3.14. The molecule has 3 rings (SSSR count). The Balaban J connectivity index is 1.70. The topological polar surface area (TPSA) is 93.9 Å². The summed E-state index contributed by atoms with van der Waals surface area (Å²) in [5.74, 6) is -0.661. The Hall–Kier alpha value is -1.91. The SMILES string of the molecule is COc1ccc(S(=O)(=O)N2CCC(S(=O)(=O)Cc3ccco3)CC2)cc1F. The smallest absolute Gasteiger partial charge is 0.243 e. The molecule has 1 aliphatic heterocycles. The molecule has 2 aromatic rings. The number of ether oxygens (including phenoxy) is 1. The molecule has 0 radical (unpaired) electrons. The standard InChI is InChI=1S/C17H20FNO6S2/c1-24-17-5-4-15(11-16(17)18)27(22,23)19-8-6-14(7-9-19)26(20,21)12-13-3-2-10-25-13/h2-5,10-11,14H,6-9,12H2,1H3. The van der Waals surface area contributed by atoms with Gasteiger partial charge in [0.1, 0.15) is 11.5 Å². The number of methoxy groups -OCH3 is 1. The van der Waals surface area contributed by atoms with Crippen LogP contribution in [-0.4, -0.2) is 46.6 Å². The molecule has 10 heteroatoms. The quantitative estimate of drug-likeness (QED) is 0.715. The van der Waals surface area contributed by atoms with Crippen molar-refractivity contribution in [1.82, 2.24) is 4.31 Å². The lowest BCUT2D eigenvalue weighted by Crippen LogP contribution is -2.42. The van der Waals surface area contributed by atoms with Crippen LogP contribution in [-0.2, 0) is 25.6 Å². The highest BCUT2D eigenvalue weighted by Crippen LogP contribution is 2.28. The number of hydrogen-bond acceptors (Lipinski definition) is 6. The molecule has 0 saturated carbocycles. The lowest BCUT2D eigenvalue weighted by atomic mass is 10.2. The summed E-state index contributed by atoms with van der Waals surface area (Å²) in [7, 11) is -6.06. The van der Waals surface area contributed by atoms with Gasteiger partial charge in [0, 0.05) is 13.1 Å². The van der Waals surface area contributed by atoms with Crippen LogP contribution >= 0.6 is 0 Å². The molecule has 0 unspecified atom stereocenters. The average molecular weight is 417 g/mol. The van der Waals surface area contributed by atoms with Crippen LogP contribution < -0.4 is 4.74 Å². The monoisotopic (exact) mass is 417 g/mol. The van der Waals surface area contributed by atoms with Crippen molar-refractivity contribution in [2.75, 3.05) is 20.2 Å². The maximum atomic E-state index is 13.9. The first-order chi connectivity index (χ1) is 12.7. The number of benzene rings is 1. The zero-order chi connectivity index (χ0) is 19.7. The number of furan rings is 1. The van der Waals surface area contributed by atoms with Crippen LogP contribution in [0.15, 0.2) is 45.9 Å². The van der Waals surface area contributed by atoms with E-state index in [2.05, 4.69) is 0 Å². The molecule has 1 aromatic carbocycles. The summed E-state index contributed by atoms with van der Waals surface area (Å²) in [6.07, 6.45) is 1.77. The van der Waals surface area contributed by atoms with Crippen LogP contribution in [0.3, 0.4) is 0 Å². The van der Waals surface area contributed by atoms with Gasteiger partial charge in [-0.05, 0) is 43.2 Å². The molecular formula is C17H20FNO6S2. The number of sulfone groups is 1. The lowest BCUT2D eigenvalue weighted by Gasteiger charge is -2.30. The van der Waals surface area contributed by atoms with E-state index in [9.17, 15) is 21.2 Å². The van der Waals surface area contributed by atoms with E-state index in [0.29, 0.717) is 5.76 Å². The molecule has 148 valence electrons. The molecule has 0 amide bonds. The molecular weight excluding hydrogens is 397 g/mol. The Kier molecular flexibility index (Phi) is 5.59. The minimum Gasteiger partial charge on any atom is -0.494 e. The summed E-state index contributed by atoms with van der Waals surface area (Å²) in [4.78, 5) is -0.183. The van der Waals surface area contributed by atoms with Gasteiger partial charge >= 0.3 is 0 Å². The van der Waals surface area contributed by atoms with E-state index in [1.54, 1.807) is 12.1 Å². The first kappa shape index (κ1) is 19.8. The highest BCUT2D eigenvalue weighted by Gasteiger charge is 2.35. The van der Waals surface area contributed by atoms with E-state index in [4.69, 9.17) is 9.15 Å². The second-order valence-electron chi connectivity index (χ2n) is 6.29. The van der Waals surface area contributed by atoms with Gasteiger partial charge in [-0.1, -0.05) is 0 Å². The largest absolute Gasteiger partial charge is 0.494 e. The molecule has 27 heavy (non-hydrogen) atoms. The zero-order valence-corrected chi connectivity index (χ0v) is 16.3. The fourth-order valence-electron chi connectivity index (χ4n) is 3.10.